The molecule has 0 aliphatic carbocycles. The van der Waals surface area contributed by atoms with Gasteiger partial charge >= 0.3 is 11.9 Å². The number of nitrogens with one attached hydrogen (secondary N) is 2. The molecule has 1 rings (SSSR count). The third-order valence-corrected chi connectivity index (χ3v) is 12.8. The number of esters is 2. The van der Waals surface area contributed by atoms with E-state index in [0.29, 0.717) is 44.5 Å². The quantitative estimate of drug-likeness (QED) is 0.0440. The number of nitrogens with zero attached hydrogens (tertiary/aromatic N) is 1. The van der Waals surface area contributed by atoms with E-state index >= 15 is 0 Å². The van der Waals surface area contributed by atoms with Crippen molar-refractivity contribution in [2.75, 3.05) is 32.8 Å². The van der Waals surface area contributed by atoms with Crippen molar-refractivity contribution in [1.29, 1.82) is 0 Å². The molecule has 0 aromatic carbocycles. The molecular weight excluding hydrogens is 799 g/mol. The summed E-state index contributed by atoms with van der Waals surface area (Å²) in [5.41, 5.74) is 0.635. The van der Waals surface area contributed by atoms with E-state index in [4.69, 9.17) is 9.47 Å². The van der Waals surface area contributed by atoms with Crippen molar-refractivity contribution in [2.45, 2.75) is 271 Å². The van der Waals surface area contributed by atoms with E-state index in [0.717, 1.165) is 122 Å². The van der Waals surface area contributed by atoms with E-state index in [1.165, 1.54) is 109 Å². The van der Waals surface area contributed by atoms with Crippen LogP contribution in [0, 0.1) is 5.92 Å². The average molecular weight is 902 g/mol. The summed E-state index contributed by atoms with van der Waals surface area (Å²) in [5.74, 6) is 0.658. The molecule has 0 radical (unpaired) electrons. The highest BCUT2D eigenvalue weighted by Crippen LogP contribution is 2.19. The summed E-state index contributed by atoms with van der Waals surface area (Å²) < 4.78 is 11.6. The second kappa shape index (κ2) is 44.4. The second-order valence-electron chi connectivity index (χ2n) is 19.6. The van der Waals surface area contributed by atoms with Crippen molar-refractivity contribution >= 4 is 17.8 Å². The van der Waals surface area contributed by atoms with Gasteiger partial charge in [-0.1, -0.05) is 169 Å². The number of rotatable bonds is 48. The Morgan fingerprint density at radius 3 is 1.64 bits per heavy atom. The van der Waals surface area contributed by atoms with Gasteiger partial charge in [0.25, 0.3) is 5.91 Å². The van der Waals surface area contributed by atoms with Crippen LogP contribution in [-0.2, 0) is 19.1 Å². The number of amides is 1. The molecule has 9 heteroatoms. The van der Waals surface area contributed by atoms with Crippen molar-refractivity contribution in [3.63, 3.8) is 0 Å². The van der Waals surface area contributed by atoms with Crippen molar-refractivity contribution in [2.24, 2.45) is 5.92 Å². The van der Waals surface area contributed by atoms with Gasteiger partial charge in [-0.25, -0.2) is 0 Å². The standard InChI is InChI=1S/C55H103N3O6/c1-5-7-9-11-19-26-37-52(38-27-20-12-10-8-6-2)64-54(61)40-28-21-17-22-32-44-58(48-51(59)36-30-31-42-57-55(62)50-41-43-56-47-50)45-33-24-29-39-53(60)63-46-34-23-16-14-13-15-18-25-35-49(3)4/h41,43,47,49,51-52,56,59H,5-40,42,44-46,48H2,1-4H3,(H,57,62). The molecule has 64 heavy (non-hydrogen) atoms. The highest BCUT2D eigenvalue weighted by molar-refractivity contribution is 5.93. The third-order valence-electron chi connectivity index (χ3n) is 12.8. The molecule has 9 nitrogen and oxygen atoms in total. The largest absolute Gasteiger partial charge is 0.466 e. The lowest BCUT2D eigenvalue weighted by atomic mass is 10.0. The van der Waals surface area contributed by atoms with Crippen LogP contribution in [0.15, 0.2) is 18.5 Å². The Morgan fingerprint density at radius 1 is 0.594 bits per heavy atom. The van der Waals surface area contributed by atoms with E-state index in [9.17, 15) is 19.5 Å². The van der Waals surface area contributed by atoms with Crippen LogP contribution in [0.25, 0.3) is 0 Å². The minimum atomic E-state index is -0.415. The van der Waals surface area contributed by atoms with Gasteiger partial charge in [0.1, 0.15) is 6.10 Å². The number of aliphatic hydroxyl groups is 1. The highest BCUT2D eigenvalue weighted by atomic mass is 16.5. The first kappa shape index (κ1) is 59.6. The zero-order valence-corrected chi connectivity index (χ0v) is 42.4. The molecule has 0 aliphatic heterocycles. The molecule has 0 bridgehead atoms. The molecule has 1 unspecified atom stereocenters. The maximum atomic E-state index is 12.9. The van der Waals surface area contributed by atoms with Gasteiger partial charge in [-0.2, -0.15) is 0 Å². The van der Waals surface area contributed by atoms with Crippen molar-refractivity contribution < 1.29 is 29.0 Å². The molecule has 0 aliphatic rings. The summed E-state index contributed by atoms with van der Waals surface area (Å²) in [6.45, 7) is 12.7. The normalized spacial score (nSPS) is 12.1. The van der Waals surface area contributed by atoms with Gasteiger partial charge in [-0.05, 0) is 102 Å². The van der Waals surface area contributed by atoms with E-state index in [-0.39, 0.29) is 23.9 Å². The molecule has 3 N–H and O–H groups in total. The number of carbonyl (C=O) groups is 3. The lowest BCUT2D eigenvalue weighted by Gasteiger charge is -2.25. The van der Waals surface area contributed by atoms with Gasteiger partial charge in [-0.3, -0.25) is 14.4 Å². The predicted molar refractivity (Wildman–Crippen MR) is 269 cm³/mol. The predicted octanol–water partition coefficient (Wildman–Crippen LogP) is 14.6. The number of aliphatic hydroxyl groups excluding tert-OH is 1. The van der Waals surface area contributed by atoms with Gasteiger partial charge in [0.15, 0.2) is 0 Å². The number of H-pyrrole nitrogens is 1. The lowest BCUT2D eigenvalue weighted by Crippen LogP contribution is -2.34. The summed E-state index contributed by atoms with van der Waals surface area (Å²) >= 11 is 0. The van der Waals surface area contributed by atoms with E-state index in [2.05, 4.69) is 42.9 Å². The van der Waals surface area contributed by atoms with Gasteiger partial charge in [-0.15, -0.1) is 0 Å². The fourth-order valence-electron chi connectivity index (χ4n) is 8.66. The smallest absolute Gasteiger partial charge is 0.306 e. The summed E-state index contributed by atoms with van der Waals surface area (Å²) in [7, 11) is 0. The first-order chi connectivity index (χ1) is 31.2. The maximum Gasteiger partial charge on any atom is 0.306 e. The minimum Gasteiger partial charge on any atom is -0.466 e. The summed E-state index contributed by atoms with van der Waals surface area (Å²) in [6, 6.07) is 1.76. The average Bonchev–Trinajstić information content (AvgIpc) is 3.82. The molecule has 1 aromatic rings. The Kier molecular flexibility index (Phi) is 41.4. The Morgan fingerprint density at radius 2 is 1.08 bits per heavy atom. The second-order valence-corrected chi connectivity index (χ2v) is 19.6. The molecule has 1 atom stereocenters. The molecule has 1 amide bonds. The number of carbonyl (C=O) groups excluding carboxylic acids is 3. The molecular formula is C55H103N3O6. The fourth-order valence-corrected chi connectivity index (χ4v) is 8.66. The number of ether oxygens (including phenoxy) is 2. The van der Waals surface area contributed by atoms with Crippen LogP contribution >= 0.6 is 0 Å². The van der Waals surface area contributed by atoms with E-state index in [1.807, 2.05) is 0 Å². The van der Waals surface area contributed by atoms with E-state index < -0.39 is 6.10 Å². The molecule has 0 fully saturated rings. The third kappa shape index (κ3) is 38.8. The van der Waals surface area contributed by atoms with Gasteiger partial charge in [0.05, 0.1) is 18.3 Å². The first-order valence-electron chi connectivity index (χ1n) is 27.4. The molecule has 0 spiro atoms. The van der Waals surface area contributed by atoms with Crippen LogP contribution in [0.3, 0.4) is 0 Å². The molecule has 0 saturated heterocycles. The number of hydrogen-bond donors (Lipinski definition) is 3. The van der Waals surface area contributed by atoms with Crippen LogP contribution in [0.5, 0.6) is 0 Å². The van der Waals surface area contributed by atoms with Crippen LogP contribution in [0.1, 0.15) is 269 Å². The fraction of sp³-hybridized carbons (Fsp3) is 0.873. The minimum absolute atomic E-state index is 0.0118. The van der Waals surface area contributed by atoms with Gasteiger partial charge in [0, 0.05) is 38.3 Å². The number of unbranched alkanes of at least 4 members (excludes halogenated alkanes) is 24. The topological polar surface area (TPSA) is 121 Å². The Balaban J connectivity index is 2.38. The molecule has 1 aromatic heterocycles. The Labute approximate surface area is 394 Å². The lowest BCUT2D eigenvalue weighted by molar-refractivity contribution is -0.150. The summed E-state index contributed by atoms with van der Waals surface area (Å²) in [5, 5.41) is 14.0. The van der Waals surface area contributed by atoms with Crippen molar-refractivity contribution in [1.82, 2.24) is 15.2 Å². The highest BCUT2D eigenvalue weighted by Gasteiger charge is 2.16. The van der Waals surface area contributed by atoms with Crippen molar-refractivity contribution in [3.05, 3.63) is 24.0 Å². The summed E-state index contributed by atoms with van der Waals surface area (Å²) in [4.78, 5) is 42.8. The molecule has 0 saturated carbocycles. The summed E-state index contributed by atoms with van der Waals surface area (Å²) in [6.07, 6.45) is 43.0. The monoisotopic (exact) mass is 902 g/mol. The van der Waals surface area contributed by atoms with Crippen molar-refractivity contribution in [3.8, 4) is 0 Å². The van der Waals surface area contributed by atoms with E-state index in [1.54, 1.807) is 18.5 Å². The zero-order valence-electron chi connectivity index (χ0n) is 42.4. The van der Waals surface area contributed by atoms with Crippen LogP contribution < -0.4 is 5.32 Å². The number of aromatic amines is 1. The molecule has 374 valence electrons. The van der Waals surface area contributed by atoms with Gasteiger partial charge in [0.2, 0.25) is 0 Å². The number of aromatic nitrogens is 1. The maximum absolute atomic E-state index is 12.9. The zero-order chi connectivity index (χ0) is 46.6. The van der Waals surface area contributed by atoms with Gasteiger partial charge < -0.3 is 29.8 Å². The Hall–Kier alpha value is -2.39. The van der Waals surface area contributed by atoms with Crippen LogP contribution in [-0.4, -0.2) is 77.8 Å². The SMILES string of the molecule is CCCCCCCCC(CCCCCCCC)OC(=O)CCCCCCCN(CCCCCC(=O)OCCCCCCCCCCC(C)C)CC(O)CCCCNC(=O)c1cc[nH]c1. The Bertz CT molecular complexity index is 1160. The molecule has 1 heterocycles. The van der Waals surface area contributed by atoms with Crippen LogP contribution in [0.4, 0.5) is 0 Å². The first-order valence-corrected chi connectivity index (χ1v) is 27.4. The number of hydrogen-bond acceptors (Lipinski definition) is 7. The van der Waals surface area contributed by atoms with Crippen LogP contribution in [0.2, 0.25) is 0 Å².